The Bertz CT molecular complexity index is 821. The van der Waals surface area contributed by atoms with Crippen molar-refractivity contribution in [3.05, 3.63) is 41.5 Å². The van der Waals surface area contributed by atoms with Crippen LogP contribution in [0, 0.1) is 5.82 Å². The molecule has 1 aliphatic carbocycles. The van der Waals surface area contributed by atoms with Crippen molar-refractivity contribution in [1.82, 2.24) is 30.0 Å². The highest BCUT2D eigenvalue weighted by molar-refractivity contribution is 5.27. The minimum absolute atomic E-state index is 0.193. The van der Waals surface area contributed by atoms with Gasteiger partial charge in [0.15, 0.2) is 5.82 Å². The number of benzene rings is 1. The second kappa shape index (κ2) is 9.10. The molecule has 2 aromatic rings. The lowest BCUT2D eigenvalue weighted by Gasteiger charge is -2.43. The van der Waals surface area contributed by atoms with Gasteiger partial charge >= 0.3 is 0 Å². The Morgan fingerprint density at radius 2 is 1.77 bits per heavy atom. The molecule has 6 nitrogen and oxygen atoms in total. The minimum Gasteiger partial charge on any atom is -0.298 e. The smallest absolute Gasteiger partial charge is 0.173 e. The van der Waals surface area contributed by atoms with E-state index >= 15 is 0 Å². The van der Waals surface area contributed by atoms with Crippen LogP contribution in [0.15, 0.2) is 24.3 Å². The summed E-state index contributed by atoms with van der Waals surface area (Å²) in [7, 11) is 0. The van der Waals surface area contributed by atoms with Crippen molar-refractivity contribution >= 4 is 0 Å². The predicted octanol–water partition coefficient (Wildman–Crippen LogP) is 4.00. The Labute approximate surface area is 179 Å². The summed E-state index contributed by atoms with van der Waals surface area (Å²) in [5, 5.41) is 12.7. The maximum absolute atomic E-state index is 14.9. The van der Waals surface area contributed by atoms with Crippen molar-refractivity contribution in [1.29, 1.82) is 0 Å². The number of hydrogen-bond acceptors (Lipinski definition) is 5. The normalized spacial score (nSPS) is 21.1. The van der Waals surface area contributed by atoms with E-state index in [1.165, 1.54) is 32.1 Å². The van der Waals surface area contributed by atoms with Crippen molar-refractivity contribution < 1.29 is 4.39 Å². The molecule has 2 fully saturated rings. The Balaban J connectivity index is 1.62. The van der Waals surface area contributed by atoms with Crippen LogP contribution < -0.4 is 0 Å². The topological polar surface area (TPSA) is 50.1 Å². The zero-order chi connectivity index (χ0) is 21.1. The first-order valence-electron chi connectivity index (χ1n) is 11.5. The lowest BCUT2D eigenvalue weighted by Crippen LogP contribution is -2.52. The molecule has 0 amide bonds. The summed E-state index contributed by atoms with van der Waals surface area (Å²) in [6.07, 6.45) is 7.61. The van der Waals surface area contributed by atoms with Crippen LogP contribution in [-0.2, 0) is 5.54 Å². The van der Waals surface area contributed by atoms with Crippen LogP contribution >= 0.6 is 0 Å². The van der Waals surface area contributed by atoms with E-state index in [1.807, 2.05) is 16.8 Å². The molecule has 2 aliphatic rings. The third-order valence-electron chi connectivity index (χ3n) is 7.18. The highest BCUT2D eigenvalue weighted by atomic mass is 19.1. The van der Waals surface area contributed by atoms with Crippen LogP contribution in [0.1, 0.15) is 76.7 Å². The van der Waals surface area contributed by atoms with Gasteiger partial charge in [0.1, 0.15) is 11.9 Å². The number of halogens is 1. The SMILES string of the molecule is CCC(C)(C)n1nnnc1[C@@H](c1ccccc1F)N1CCN(C2CCCCC2)CC1. The molecule has 0 N–H and O–H groups in total. The molecular weight excluding hydrogens is 379 g/mol. The summed E-state index contributed by atoms with van der Waals surface area (Å²) in [6, 6.07) is 7.52. The van der Waals surface area contributed by atoms with Gasteiger partial charge in [0.05, 0.1) is 5.54 Å². The molecule has 1 atom stereocenters. The maximum Gasteiger partial charge on any atom is 0.173 e. The van der Waals surface area contributed by atoms with E-state index in [0.29, 0.717) is 5.56 Å². The predicted molar refractivity (Wildman–Crippen MR) is 116 cm³/mol. The number of tetrazole rings is 1. The Kier molecular flexibility index (Phi) is 6.48. The second-order valence-electron chi connectivity index (χ2n) is 9.40. The average Bonchev–Trinajstić information content (AvgIpc) is 3.27. The zero-order valence-corrected chi connectivity index (χ0v) is 18.6. The van der Waals surface area contributed by atoms with Gasteiger partial charge in [0.25, 0.3) is 0 Å². The third kappa shape index (κ3) is 4.28. The molecule has 1 aliphatic heterocycles. The average molecular weight is 415 g/mol. The van der Waals surface area contributed by atoms with Crippen LogP contribution in [0.3, 0.4) is 0 Å². The highest BCUT2D eigenvalue weighted by Gasteiger charge is 2.36. The molecule has 1 saturated heterocycles. The van der Waals surface area contributed by atoms with E-state index in [0.717, 1.165) is 44.5 Å². The second-order valence-corrected chi connectivity index (χ2v) is 9.40. The van der Waals surface area contributed by atoms with Crippen LogP contribution in [0.2, 0.25) is 0 Å². The maximum atomic E-state index is 14.9. The van der Waals surface area contributed by atoms with Crippen LogP contribution in [0.25, 0.3) is 0 Å². The number of hydrogen-bond donors (Lipinski definition) is 0. The number of piperazine rings is 1. The lowest BCUT2D eigenvalue weighted by atomic mass is 9.93. The standard InChI is InChI=1S/C23H35FN6/c1-4-23(2,3)30-22(25-26-27-30)21(19-12-8-9-13-20(19)24)29-16-14-28(15-17-29)18-10-6-5-7-11-18/h8-9,12-13,18,21H,4-7,10-11,14-17H2,1-3H3/t21-/m1/s1. The molecule has 0 radical (unpaired) electrons. The van der Waals surface area contributed by atoms with Gasteiger partial charge in [-0.2, -0.15) is 0 Å². The fourth-order valence-corrected chi connectivity index (χ4v) is 4.95. The monoisotopic (exact) mass is 414 g/mol. The van der Waals surface area contributed by atoms with Gasteiger partial charge in [0.2, 0.25) is 0 Å². The van der Waals surface area contributed by atoms with Crippen molar-refractivity contribution in [3.63, 3.8) is 0 Å². The van der Waals surface area contributed by atoms with E-state index in [2.05, 4.69) is 46.1 Å². The summed E-state index contributed by atoms with van der Waals surface area (Å²) < 4.78 is 16.8. The van der Waals surface area contributed by atoms with E-state index in [-0.39, 0.29) is 17.4 Å². The van der Waals surface area contributed by atoms with E-state index in [4.69, 9.17) is 0 Å². The summed E-state index contributed by atoms with van der Waals surface area (Å²) in [6.45, 7) is 10.2. The first kappa shape index (κ1) is 21.4. The Morgan fingerprint density at radius 3 is 2.43 bits per heavy atom. The van der Waals surface area contributed by atoms with Crippen molar-refractivity contribution in [2.24, 2.45) is 0 Å². The quantitative estimate of drug-likeness (QED) is 0.715. The minimum atomic E-state index is -0.277. The molecule has 1 aromatic carbocycles. The van der Waals surface area contributed by atoms with Crippen LogP contribution in [-0.4, -0.2) is 62.2 Å². The third-order valence-corrected chi connectivity index (χ3v) is 7.18. The number of nitrogens with zero attached hydrogens (tertiary/aromatic N) is 6. The fraction of sp³-hybridized carbons (Fsp3) is 0.696. The fourth-order valence-electron chi connectivity index (χ4n) is 4.95. The Hall–Kier alpha value is -1.86. The Morgan fingerprint density at radius 1 is 1.07 bits per heavy atom. The highest BCUT2D eigenvalue weighted by Crippen LogP contribution is 2.33. The number of aromatic nitrogens is 4. The van der Waals surface area contributed by atoms with Crippen LogP contribution in [0.5, 0.6) is 0 Å². The molecule has 4 rings (SSSR count). The van der Waals surface area contributed by atoms with E-state index in [1.54, 1.807) is 12.1 Å². The van der Waals surface area contributed by atoms with Gasteiger partial charge in [0, 0.05) is 37.8 Å². The molecule has 0 unspecified atom stereocenters. The van der Waals surface area contributed by atoms with Crippen molar-refractivity contribution in [2.75, 3.05) is 26.2 Å². The van der Waals surface area contributed by atoms with E-state index in [9.17, 15) is 4.39 Å². The molecule has 7 heteroatoms. The van der Waals surface area contributed by atoms with Crippen LogP contribution in [0.4, 0.5) is 4.39 Å². The van der Waals surface area contributed by atoms with Gasteiger partial charge in [-0.15, -0.1) is 5.10 Å². The van der Waals surface area contributed by atoms with Crippen molar-refractivity contribution in [2.45, 2.75) is 76.9 Å². The molecule has 2 heterocycles. The summed E-state index contributed by atoms with van der Waals surface area (Å²) in [5.74, 6) is 0.541. The van der Waals surface area contributed by atoms with Gasteiger partial charge < -0.3 is 0 Å². The molecule has 1 saturated carbocycles. The first-order chi connectivity index (χ1) is 14.5. The molecule has 164 valence electrons. The van der Waals surface area contributed by atoms with Crippen molar-refractivity contribution in [3.8, 4) is 0 Å². The summed E-state index contributed by atoms with van der Waals surface area (Å²) in [4.78, 5) is 5.01. The molecule has 0 spiro atoms. The first-order valence-corrected chi connectivity index (χ1v) is 11.5. The van der Waals surface area contributed by atoms with Gasteiger partial charge in [-0.3, -0.25) is 9.80 Å². The summed E-state index contributed by atoms with van der Waals surface area (Å²) >= 11 is 0. The lowest BCUT2D eigenvalue weighted by molar-refractivity contribution is 0.0598. The molecule has 1 aromatic heterocycles. The zero-order valence-electron chi connectivity index (χ0n) is 18.6. The molecule has 0 bridgehead atoms. The molecule has 30 heavy (non-hydrogen) atoms. The van der Waals surface area contributed by atoms with Gasteiger partial charge in [-0.05, 0) is 49.6 Å². The van der Waals surface area contributed by atoms with E-state index < -0.39 is 0 Å². The summed E-state index contributed by atoms with van der Waals surface area (Å²) in [5.41, 5.74) is 0.429. The van der Waals surface area contributed by atoms with Gasteiger partial charge in [-0.25, -0.2) is 9.07 Å². The largest absolute Gasteiger partial charge is 0.298 e. The molecular formula is C23H35FN6. The number of rotatable bonds is 6. The van der Waals surface area contributed by atoms with Gasteiger partial charge in [-0.1, -0.05) is 44.4 Å².